The summed E-state index contributed by atoms with van der Waals surface area (Å²) < 4.78 is 2.01. The first kappa shape index (κ1) is 18.0. The number of carbonyl (C=O) groups excluding carboxylic acids is 2. The summed E-state index contributed by atoms with van der Waals surface area (Å²) in [5.74, 6) is -0.0101. The predicted molar refractivity (Wildman–Crippen MR) is 98.3 cm³/mol. The number of hydrogen-bond acceptors (Lipinski definition) is 3. The molecule has 3 rings (SSSR count). The fraction of sp³-hybridized carbons (Fsp3) is 0.421. The molecule has 138 valence electrons. The van der Waals surface area contributed by atoms with Gasteiger partial charge in [-0.05, 0) is 24.8 Å². The van der Waals surface area contributed by atoms with E-state index in [0.717, 1.165) is 24.9 Å². The standard InChI is InChI=1S/C19H25N5O2/c25-18-17(8-12-24(18)14-16-6-2-1-3-7-16)22-19(26)21-9-4-5-11-23-13-10-20-15-23/h1-3,6-7,10,13,15,17H,4-5,8-9,11-12,14H2,(H2,21,22,26)/t17-/m0/s1. The number of hydrogen-bond donors (Lipinski definition) is 2. The fourth-order valence-corrected chi connectivity index (χ4v) is 3.08. The first-order valence-corrected chi connectivity index (χ1v) is 9.05. The molecule has 1 saturated heterocycles. The van der Waals surface area contributed by atoms with Gasteiger partial charge in [-0.3, -0.25) is 4.79 Å². The summed E-state index contributed by atoms with van der Waals surface area (Å²) in [6.45, 7) is 2.74. The van der Waals surface area contributed by atoms with E-state index >= 15 is 0 Å². The molecule has 1 atom stereocenters. The molecule has 0 radical (unpaired) electrons. The number of carbonyl (C=O) groups is 2. The summed E-state index contributed by atoms with van der Waals surface area (Å²) in [5.41, 5.74) is 1.10. The van der Waals surface area contributed by atoms with Crippen LogP contribution in [0.1, 0.15) is 24.8 Å². The second-order valence-electron chi connectivity index (χ2n) is 6.49. The van der Waals surface area contributed by atoms with Gasteiger partial charge in [-0.25, -0.2) is 9.78 Å². The molecule has 3 amide bonds. The number of nitrogens with zero attached hydrogens (tertiary/aromatic N) is 3. The van der Waals surface area contributed by atoms with Crippen molar-refractivity contribution in [2.24, 2.45) is 0 Å². The quantitative estimate of drug-likeness (QED) is 0.708. The number of rotatable bonds is 8. The molecule has 0 spiro atoms. The average molecular weight is 355 g/mol. The number of nitrogens with one attached hydrogen (secondary N) is 2. The van der Waals surface area contributed by atoms with E-state index in [-0.39, 0.29) is 11.9 Å². The molecule has 0 bridgehead atoms. The van der Waals surface area contributed by atoms with Gasteiger partial charge in [0.25, 0.3) is 0 Å². The Morgan fingerprint density at radius 2 is 2.08 bits per heavy atom. The lowest BCUT2D eigenvalue weighted by Crippen LogP contribution is -2.46. The molecule has 2 heterocycles. The zero-order chi connectivity index (χ0) is 18.2. The molecule has 7 heteroatoms. The lowest BCUT2D eigenvalue weighted by molar-refractivity contribution is -0.129. The van der Waals surface area contributed by atoms with Gasteiger partial charge in [0.05, 0.1) is 6.33 Å². The monoisotopic (exact) mass is 355 g/mol. The molecule has 1 fully saturated rings. The third-order valence-corrected chi connectivity index (χ3v) is 4.51. The maximum Gasteiger partial charge on any atom is 0.315 e. The van der Waals surface area contributed by atoms with Crippen molar-refractivity contribution >= 4 is 11.9 Å². The van der Waals surface area contributed by atoms with Gasteiger partial charge in [-0.2, -0.15) is 0 Å². The third-order valence-electron chi connectivity index (χ3n) is 4.51. The van der Waals surface area contributed by atoms with Crippen LogP contribution in [-0.2, 0) is 17.9 Å². The number of aryl methyl sites for hydroxylation is 1. The van der Waals surface area contributed by atoms with Crippen molar-refractivity contribution in [2.75, 3.05) is 13.1 Å². The molecule has 2 aromatic rings. The minimum atomic E-state index is -0.426. The van der Waals surface area contributed by atoms with Crippen molar-refractivity contribution in [3.63, 3.8) is 0 Å². The molecule has 0 saturated carbocycles. The normalized spacial score (nSPS) is 16.7. The molecule has 1 aliphatic heterocycles. The molecule has 7 nitrogen and oxygen atoms in total. The third kappa shape index (κ3) is 5.08. The van der Waals surface area contributed by atoms with Crippen LogP contribution >= 0.6 is 0 Å². The lowest BCUT2D eigenvalue weighted by Gasteiger charge is -2.17. The van der Waals surface area contributed by atoms with Crippen LogP contribution in [0, 0.1) is 0 Å². The van der Waals surface area contributed by atoms with Crippen LogP contribution in [0.15, 0.2) is 49.1 Å². The van der Waals surface area contributed by atoms with Crippen LogP contribution in [0.5, 0.6) is 0 Å². The Hall–Kier alpha value is -2.83. The van der Waals surface area contributed by atoms with Crippen LogP contribution in [0.4, 0.5) is 4.79 Å². The first-order valence-electron chi connectivity index (χ1n) is 9.05. The van der Waals surface area contributed by atoms with E-state index in [9.17, 15) is 9.59 Å². The molecule has 0 aliphatic carbocycles. The molecule has 1 aromatic heterocycles. The fourth-order valence-electron chi connectivity index (χ4n) is 3.08. The minimum Gasteiger partial charge on any atom is -0.338 e. The summed E-state index contributed by atoms with van der Waals surface area (Å²) >= 11 is 0. The minimum absolute atomic E-state index is 0.0101. The summed E-state index contributed by atoms with van der Waals surface area (Å²) in [6, 6.07) is 9.20. The van der Waals surface area contributed by atoms with E-state index in [1.807, 2.05) is 41.1 Å². The molecular weight excluding hydrogens is 330 g/mol. The largest absolute Gasteiger partial charge is 0.338 e. The zero-order valence-corrected chi connectivity index (χ0v) is 14.8. The van der Waals surface area contributed by atoms with Crippen molar-refractivity contribution in [3.8, 4) is 0 Å². The molecule has 2 N–H and O–H groups in total. The highest BCUT2D eigenvalue weighted by molar-refractivity contribution is 5.88. The van der Waals surface area contributed by atoms with E-state index in [4.69, 9.17) is 0 Å². The maximum atomic E-state index is 12.4. The van der Waals surface area contributed by atoms with Gasteiger partial charge in [-0.1, -0.05) is 30.3 Å². The number of unbranched alkanes of at least 4 members (excludes halogenated alkanes) is 1. The van der Waals surface area contributed by atoms with Crippen molar-refractivity contribution in [3.05, 3.63) is 54.6 Å². The number of imidazole rings is 1. The van der Waals surface area contributed by atoms with Crippen LogP contribution in [-0.4, -0.2) is 45.5 Å². The Labute approximate surface area is 153 Å². The van der Waals surface area contributed by atoms with E-state index in [1.54, 1.807) is 17.4 Å². The molecule has 0 unspecified atom stereocenters. The number of amides is 3. The topological polar surface area (TPSA) is 79.3 Å². The Morgan fingerprint density at radius 1 is 1.23 bits per heavy atom. The summed E-state index contributed by atoms with van der Waals surface area (Å²) in [4.78, 5) is 30.2. The number of likely N-dealkylation sites (tertiary alicyclic amines) is 1. The summed E-state index contributed by atoms with van der Waals surface area (Å²) in [7, 11) is 0. The van der Waals surface area contributed by atoms with E-state index in [2.05, 4.69) is 15.6 Å². The molecule has 26 heavy (non-hydrogen) atoms. The SMILES string of the molecule is O=C(NCCCCn1ccnc1)N[C@H]1CCN(Cc2ccccc2)C1=O. The summed E-state index contributed by atoms with van der Waals surface area (Å²) in [6.07, 6.45) is 7.96. The lowest BCUT2D eigenvalue weighted by atomic mass is 10.2. The van der Waals surface area contributed by atoms with Crippen LogP contribution in [0.3, 0.4) is 0 Å². The number of benzene rings is 1. The zero-order valence-electron chi connectivity index (χ0n) is 14.8. The smallest absolute Gasteiger partial charge is 0.315 e. The van der Waals surface area contributed by atoms with E-state index in [1.165, 1.54) is 0 Å². The van der Waals surface area contributed by atoms with Crippen molar-refractivity contribution in [1.82, 2.24) is 25.1 Å². The average Bonchev–Trinajstić information content (AvgIpc) is 3.28. The second kappa shape index (κ2) is 9.03. The highest BCUT2D eigenvalue weighted by Crippen LogP contribution is 2.15. The van der Waals surface area contributed by atoms with Crippen molar-refractivity contribution in [1.29, 1.82) is 0 Å². The maximum absolute atomic E-state index is 12.4. The second-order valence-corrected chi connectivity index (χ2v) is 6.49. The Balaban J connectivity index is 1.33. The van der Waals surface area contributed by atoms with Gasteiger partial charge in [0.15, 0.2) is 0 Å². The highest BCUT2D eigenvalue weighted by Gasteiger charge is 2.32. The van der Waals surface area contributed by atoms with Gasteiger partial charge >= 0.3 is 6.03 Å². The molecule has 1 aromatic carbocycles. The number of aromatic nitrogens is 2. The molecular formula is C19H25N5O2. The Bertz CT molecular complexity index is 702. The van der Waals surface area contributed by atoms with Gasteiger partial charge in [0, 0.05) is 38.6 Å². The summed E-state index contributed by atoms with van der Waals surface area (Å²) in [5, 5.41) is 5.62. The first-order chi connectivity index (χ1) is 12.7. The Kier molecular flexibility index (Phi) is 6.24. The van der Waals surface area contributed by atoms with Crippen LogP contribution in [0.2, 0.25) is 0 Å². The number of urea groups is 1. The predicted octanol–water partition coefficient (Wildman–Crippen LogP) is 1.76. The van der Waals surface area contributed by atoms with Gasteiger partial charge in [-0.15, -0.1) is 0 Å². The van der Waals surface area contributed by atoms with Gasteiger partial charge in [0.2, 0.25) is 5.91 Å². The van der Waals surface area contributed by atoms with Gasteiger partial charge in [0.1, 0.15) is 6.04 Å². The molecule has 1 aliphatic rings. The van der Waals surface area contributed by atoms with E-state index in [0.29, 0.717) is 26.1 Å². The Morgan fingerprint density at radius 3 is 2.85 bits per heavy atom. The van der Waals surface area contributed by atoms with Gasteiger partial charge < -0.3 is 20.1 Å². The van der Waals surface area contributed by atoms with Crippen molar-refractivity contribution in [2.45, 2.75) is 38.4 Å². The van der Waals surface area contributed by atoms with Crippen LogP contribution < -0.4 is 10.6 Å². The van der Waals surface area contributed by atoms with Crippen LogP contribution in [0.25, 0.3) is 0 Å². The van der Waals surface area contributed by atoms with Crippen molar-refractivity contribution < 1.29 is 9.59 Å². The van der Waals surface area contributed by atoms with E-state index < -0.39 is 6.04 Å². The highest BCUT2D eigenvalue weighted by atomic mass is 16.2.